The van der Waals surface area contributed by atoms with E-state index in [4.69, 9.17) is 4.74 Å². The summed E-state index contributed by atoms with van der Waals surface area (Å²) < 4.78 is 6.19. The Hall–Kier alpha value is -1.89. The maximum absolute atomic E-state index is 12.7. The van der Waals surface area contributed by atoms with Crippen LogP contribution in [0.5, 0.6) is 0 Å². The number of hydrogen-bond acceptors (Lipinski definition) is 4. The van der Waals surface area contributed by atoms with Gasteiger partial charge >= 0.3 is 0 Å². The number of carbonyl (C=O) groups excluding carboxylic acids is 2. The van der Waals surface area contributed by atoms with Crippen molar-refractivity contribution in [1.29, 1.82) is 0 Å². The number of aryl methyl sites for hydroxylation is 1. The Morgan fingerprint density at radius 2 is 2.15 bits per heavy atom. The average molecular weight is 358 g/mol. The third kappa shape index (κ3) is 2.64. The minimum absolute atomic E-state index is 0.0448. The first-order chi connectivity index (χ1) is 12.6. The highest BCUT2D eigenvalue weighted by Gasteiger charge is 2.49. The molecule has 0 saturated carbocycles. The van der Waals surface area contributed by atoms with Crippen LogP contribution in [0.4, 0.5) is 0 Å². The zero-order valence-electron chi connectivity index (χ0n) is 15.1. The number of H-pyrrole nitrogens is 1. The number of nitrogens with one attached hydrogen (secondary N) is 1. The summed E-state index contributed by atoms with van der Waals surface area (Å²) in [6.07, 6.45) is 6.81. The Morgan fingerprint density at radius 3 is 2.88 bits per heavy atom. The number of aromatic nitrogens is 2. The standard InChI is InChI=1S/C19H26N4O3/c24-16-5-2-8-22(16)9-13-6-7-19(26-10-13)11-23(12-19)18(25)17-14-3-1-4-15(14)20-21-17/h13H,1-12H2,(H,20,21). The number of fused-ring (bicyclic) bond motifs is 1. The number of aromatic amines is 1. The molecule has 3 fully saturated rings. The van der Waals surface area contributed by atoms with Crippen molar-refractivity contribution in [2.75, 3.05) is 32.8 Å². The first-order valence-electron chi connectivity index (χ1n) is 9.91. The second kappa shape index (κ2) is 6.08. The Balaban J connectivity index is 1.14. The number of rotatable bonds is 3. The normalized spacial score (nSPS) is 27.1. The summed E-state index contributed by atoms with van der Waals surface area (Å²) in [6, 6.07) is 0. The summed E-state index contributed by atoms with van der Waals surface area (Å²) in [7, 11) is 0. The SMILES string of the molecule is O=C1CCCN1CC1CCC2(CN(C(=O)c3n[nH]c4c3CCC4)C2)OC1. The summed E-state index contributed by atoms with van der Waals surface area (Å²) in [5.41, 5.74) is 2.71. The molecule has 1 N–H and O–H groups in total. The molecule has 0 aromatic carbocycles. The topological polar surface area (TPSA) is 78.5 Å². The van der Waals surface area contributed by atoms with Crippen LogP contribution in [0.3, 0.4) is 0 Å². The number of amides is 2. The Labute approximate surface area is 153 Å². The molecular formula is C19H26N4O3. The average Bonchev–Trinajstić information content (AvgIpc) is 3.31. The molecule has 1 aliphatic carbocycles. The van der Waals surface area contributed by atoms with Gasteiger partial charge in [-0.1, -0.05) is 0 Å². The molecule has 7 nitrogen and oxygen atoms in total. The van der Waals surface area contributed by atoms with E-state index in [1.807, 2.05) is 9.80 Å². The summed E-state index contributed by atoms with van der Waals surface area (Å²) in [5, 5.41) is 7.28. The number of ether oxygens (including phenoxy) is 1. The van der Waals surface area contributed by atoms with E-state index >= 15 is 0 Å². The van der Waals surface area contributed by atoms with Gasteiger partial charge in [0, 0.05) is 36.7 Å². The third-order valence-corrected chi connectivity index (χ3v) is 6.54. The fraction of sp³-hybridized carbons (Fsp3) is 0.737. The predicted molar refractivity (Wildman–Crippen MR) is 93.7 cm³/mol. The van der Waals surface area contributed by atoms with Gasteiger partial charge in [-0.05, 0) is 38.5 Å². The molecule has 0 bridgehead atoms. The van der Waals surface area contributed by atoms with Gasteiger partial charge in [0.25, 0.3) is 5.91 Å². The lowest BCUT2D eigenvalue weighted by Crippen LogP contribution is -2.66. The highest BCUT2D eigenvalue weighted by Crippen LogP contribution is 2.37. The molecule has 3 saturated heterocycles. The van der Waals surface area contributed by atoms with Crippen LogP contribution < -0.4 is 0 Å². The molecule has 3 aliphatic heterocycles. The molecule has 1 atom stereocenters. The van der Waals surface area contributed by atoms with Crippen LogP contribution >= 0.6 is 0 Å². The third-order valence-electron chi connectivity index (χ3n) is 6.54. The molecule has 1 unspecified atom stereocenters. The van der Waals surface area contributed by atoms with Gasteiger partial charge in [0.15, 0.2) is 5.69 Å². The summed E-state index contributed by atoms with van der Waals surface area (Å²) in [4.78, 5) is 28.4. The van der Waals surface area contributed by atoms with Crippen molar-refractivity contribution in [2.24, 2.45) is 5.92 Å². The summed E-state index contributed by atoms with van der Waals surface area (Å²) >= 11 is 0. The lowest BCUT2D eigenvalue weighted by molar-refractivity contribution is -0.169. The molecule has 4 aliphatic rings. The quantitative estimate of drug-likeness (QED) is 0.879. The van der Waals surface area contributed by atoms with E-state index in [0.29, 0.717) is 37.7 Å². The molecule has 26 heavy (non-hydrogen) atoms. The van der Waals surface area contributed by atoms with Crippen molar-refractivity contribution in [3.63, 3.8) is 0 Å². The number of hydrogen-bond donors (Lipinski definition) is 1. The Kier molecular flexibility index (Phi) is 3.81. The van der Waals surface area contributed by atoms with Crippen molar-refractivity contribution in [1.82, 2.24) is 20.0 Å². The van der Waals surface area contributed by atoms with E-state index in [1.54, 1.807) is 0 Å². The largest absolute Gasteiger partial charge is 0.371 e. The van der Waals surface area contributed by atoms with Gasteiger partial charge in [0.2, 0.25) is 5.91 Å². The minimum Gasteiger partial charge on any atom is -0.371 e. The van der Waals surface area contributed by atoms with Gasteiger partial charge in [-0.15, -0.1) is 0 Å². The maximum atomic E-state index is 12.7. The molecule has 4 heterocycles. The van der Waals surface area contributed by atoms with Gasteiger partial charge in [-0.25, -0.2) is 0 Å². The molecular weight excluding hydrogens is 332 g/mol. The van der Waals surface area contributed by atoms with Crippen LogP contribution in [-0.4, -0.2) is 70.2 Å². The zero-order valence-corrected chi connectivity index (χ0v) is 15.1. The first kappa shape index (κ1) is 16.3. The van der Waals surface area contributed by atoms with Crippen LogP contribution in [0.2, 0.25) is 0 Å². The summed E-state index contributed by atoms with van der Waals surface area (Å²) in [6.45, 7) is 3.77. The molecule has 5 rings (SSSR count). The van der Waals surface area contributed by atoms with Crippen LogP contribution in [0.1, 0.15) is 53.8 Å². The lowest BCUT2D eigenvalue weighted by atomic mass is 9.82. The van der Waals surface area contributed by atoms with Crippen molar-refractivity contribution in [3.8, 4) is 0 Å². The van der Waals surface area contributed by atoms with Gasteiger partial charge in [0.1, 0.15) is 5.60 Å². The van der Waals surface area contributed by atoms with E-state index in [2.05, 4.69) is 10.2 Å². The van der Waals surface area contributed by atoms with E-state index in [1.165, 1.54) is 0 Å². The van der Waals surface area contributed by atoms with Crippen LogP contribution in [-0.2, 0) is 22.4 Å². The first-order valence-corrected chi connectivity index (χ1v) is 9.91. The molecule has 0 radical (unpaired) electrons. The molecule has 1 spiro atoms. The van der Waals surface area contributed by atoms with Crippen LogP contribution in [0, 0.1) is 5.92 Å². The highest BCUT2D eigenvalue weighted by atomic mass is 16.5. The predicted octanol–water partition coefficient (Wildman–Crippen LogP) is 1.14. The molecule has 1 aromatic heterocycles. The molecule has 140 valence electrons. The Bertz CT molecular complexity index is 727. The van der Waals surface area contributed by atoms with Crippen molar-refractivity contribution in [2.45, 2.75) is 50.5 Å². The van der Waals surface area contributed by atoms with E-state index in [0.717, 1.165) is 62.9 Å². The monoisotopic (exact) mass is 358 g/mol. The molecule has 2 amide bonds. The maximum Gasteiger partial charge on any atom is 0.274 e. The number of nitrogens with zero attached hydrogens (tertiary/aromatic N) is 3. The number of likely N-dealkylation sites (tertiary alicyclic amines) is 2. The fourth-order valence-electron chi connectivity index (χ4n) is 4.96. The molecule has 7 heteroatoms. The van der Waals surface area contributed by atoms with Crippen LogP contribution in [0.25, 0.3) is 0 Å². The fourth-order valence-corrected chi connectivity index (χ4v) is 4.96. The van der Waals surface area contributed by atoms with Crippen LogP contribution in [0.15, 0.2) is 0 Å². The highest BCUT2D eigenvalue weighted by molar-refractivity contribution is 5.95. The molecule has 1 aromatic rings. The zero-order chi connectivity index (χ0) is 17.7. The second-order valence-corrected chi connectivity index (χ2v) is 8.39. The van der Waals surface area contributed by atoms with E-state index in [9.17, 15) is 9.59 Å². The minimum atomic E-state index is -0.166. The summed E-state index contributed by atoms with van der Waals surface area (Å²) in [5.74, 6) is 0.766. The second-order valence-electron chi connectivity index (χ2n) is 8.39. The van der Waals surface area contributed by atoms with E-state index in [-0.39, 0.29) is 17.4 Å². The van der Waals surface area contributed by atoms with Gasteiger partial charge in [0.05, 0.1) is 19.7 Å². The van der Waals surface area contributed by atoms with Crippen molar-refractivity contribution in [3.05, 3.63) is 17.0 Å². The lowest BCUT2D eigenvalue weighted by Gasteiger charge is -2.52. The van der Waals surface area contributed by atoms with Crippen molar-refractivity contribution >= 4 is 11.8 Å². The van der Waals surface area contributed by atoms with Crippen molar-refractivity contribution < 1.29 is 14.3 Å². The van der Waals surface area contributed by atoms with E-state index < -0.39 is 0 Å². The van der Waals surface area contributed by atoms with Gasteiger partial charge in [-0.2, -0.15) is 5.10 Å². The smallest absolute Gasteiger partial charge is 0.274 e. The Morgan fingerprint density at radius 1 is 1.27 bits per heavy atom. The number of carbonyl (C=O) groups is 2. The van der Waals surface area contributed by atoms with Gasteiger partial charge in [-0.3, -0.25) is 14.7 Å². The van der Waals surface area contributed by atoms with Gasteiger partial charge < -0.3 is 14.5 Å².